The van der Waals surface area contributed by atoms with Crippen molar-refractivity contribution in [2.75, 3.05) is 19.7 Å². The highest BCUT2D eigenvalue weighted by Gasteiger charge is 2.60. The summed E-state index contributed by atoms with van der Waals surface area (Å²) in [5.41, 5.74) is 0.799. The Kier molecular flexibility index (Phi) is 11.6. The van der Waals surface area contributed by atoms with Crippen molar-refractivity contribution in [1.29, 1.82) is 0 Å². The van der Waals surface area contributed by atoms with E-state index < -0.39 is 22.7 Å². The number of benzene rings is 3. The maximum Gasteiger partial charge on any atom is 0.326 e. The number of amidine groups is 1. The SMILES string of the molecule is CCOc1cc(C(C)(C)C)ncc1C1=N[C@@](C)(c2ccc(Cl)cc2)[C@@](C)(c2ccc(Cl)cc2)N1C(=O)N1CCC(CC(=O)NCc2cccc(F)c2F)CC1. The number of likely N-dealkylation sites (tertiary alicyclic amines) is 1. The van der Waals surface area contributed by atoms with Crippen LogP contribution in [0.15, 0.2) is 84.0 Å². The van der Waals surface area contributed by atoms with Gasteiger partial charge in [-0.25, -0.2) is 13.6 Å². The summed E-state index contributed by atoms with van der Waals surface area (Å²) in [5.74, 6) is -1.20. The number of aliphatic imine (C=N–C) groups is 1. The van der Waals surface area contributed by atoms with Crippen LogP contribution in [-0.2, 0) is 27.8 Å². The Morgan fingerprint density at radius 3 is 2.16 bits per heavy atom. The number of pyridine rings is 1. The van der Waals surface area contributed by atoms with E-state index in [4.69, 9.17) is 37.9 Å². The van der Waals surface area contributed by atoms with Gasteiger partial charge in [0.2, 0.25) is 5.91 Å². The molecular formula is C43H47Cl2F2N5O3. The van der Waals surface area contributed by atoms with Crippen LogP contribution < -0.4 is 10.1 Å². The number of halogens is 4. The van der Waals surface area contributed by atoms with Gasteiger partial charge in [0, 0.05) is 65.0 Å². The second-order valence-electron chi connectivity index (χ2n) is 15.6. The largest absolute Gasteiger partial charge is 0.493 e. The van der Waals surface area contributed by atoms with E-state index >= 15 is 4.79 Å². The Bertz CT molecular complexity index is 2080. The average Bonchev–Trinajstić information content (AvgIpc) is 3.40. The molecule has 0 radical (unpaired) electrons. The molecule has 1 aromatic heterocycles. The van der Waals surface area contributed by atoms with Crippen LogP contribution in [0, 0.1) is 17.6 Å². The van der Waals surface area contributed by atoms with Crippen molar-refractivity contribution in [2.45, 2.75) is 83.8 Å². The first-order valence-electron chi connectivity index (χ1n) is 18.6. The molecule has 1 saturated heterocycles. The van der Waals surface area contributed by atoms with Crippen molar-refractivity contribution in [2.24, 2.45) is 10.9 Å². The Hall–Kier alpha value is -4.54. The van der Waals surface area contributed by atoms with Crippen LogP contribution in [0.1, 0.15) is 88.8 Å². The lowest BCUT2D eigenvalue weighted by molar-refractivity contribution is -0.122. The molecule has 3 amide bonds. The molecule has 0 spiro atoms. The van der Waals surface area contributed by atoms with Crippen LogP contribution in [0.3, 0.4) is 0 Å². The zero-order valence-corrected chi connectivity index (χ0v) is 33.6. The number of urea groups is 1. The van der Waals surface area contributed by atoms with Crippen LogP contribution in [0.2, 0.25) is 10.0 Å². The number of hydrogen-bond acceptors (Lipinski definition) is 5. The minimum absolute atomic E-state index is 0.00574. The van der Waals surface area contributed by atoms with Crippen molar-refractivity contribution < 1.29 is 23.1 Å². The smallest absolute Gasteiger partial charge is 0.326 e. The van der Waals surface area contributed by atoms with Crippen LogP contribution in [-0.4, -0.2) is 52.3 Å². The van der Waals surface area contributed by atoms with Gasteiger partial charge in [-0.3, -0.25) is 19.7 Å². The number of aromatic nitrogens is 1. The highest BCUT2D eigenvalue weighted by molar-refractivity contribution is 6.30. The van der Waals surface area contributed by atoms with Crippen molar-refractivity contribution in [3.8, 4) is 5.75 Å². The van der Waals surface area contributed by atoms with E-state index in [1.54, 1.807) is 11.1 Å². The predicted octanol–water partition coefficient (Wildman–Crippen LogP) is 9.79. The van der Waals surface area contributed by atoms with E-state index in [0.29, 0.717) is 59.7 Å². The summed E-state index contributed by atoms with van der Waals surface area (Å²) < 4.78 is 34.1. The Balaban J connectivity index is 1.36. The van der Waals surface area contributed by atoms with Crippen molar-refractivity contribution in [3.05, 3.63) is 129 Å². The zero-order valence-electron chi connectivity index (χ0n) is 32.1. The molecule has 8 nitrogen and oxygen atoms in total. The monoisotopic (exact) mass is 789 g/mol. The minimum Gasteiger partial charge on any atom is -0.493 e. The maximum atomic E-state index is 15.3. The summed E-state index contributed by atoms with van der Waals surface area (Å²) in [5, 5.41) is 3.86. The van der Waals surface area contributed by atoms with Gasteiger partial charge < -0.3 is 15.0 Å². The number of amides is 3. The van der Waals surface area contributed by atoms with E-state index in [0.717, 1.165) is 22.9 Å². The van der Waals surface area contributed by atoms with E-state index in [9.17, 15) is 13.6 Å². The van der Waals surface area contributed by atoms with Gasteiger partial charge in [0.25, 0.3) is 0 Å². The molecule has 3 aromatic carbocycles. The predicted molar refractivity (Wildman–Crippen MR) is 213 cm³/mol. The molecule has 3 heterocycles. The summed E-state index contributed by atoms with van der Waals surface area (Å²) in [6.07, 6.45) is 3.11. The number of piperidine rings is 1. The van der Waals surface area contributed by atoms with Crippen LogP contribution in [0.5, 0.6) is 5.75 Å². The molecule has 0 aliphatic carbocycles. The third-order valence-electron chi connectivity index (χ3n) is 11.0. The maximum absolute atomic E-state index is 15.3. The molecule has 1 N–H and O–H groups in total. The Morgan fingerprint density at radius 1 is 0.945 bits per heavy atom. The van der Waals surface area contributed by atoms with Gasteiger partial charge in [-0.2, -0.15) is 0 Å². The van der Waals surface area contributed by atoms with E-state index in [2.05, 4.69) is 26.1 Å². The number of hydrogen-bond donors (Lipinski definition) is 1. The lowest BCUT2D eigenvalue weighted by atomic mass is 9.71. The van der Waals surface area contributed by atoms with E-state index in [1.807, 2.05) is 80.3 Å². The number of ether oxygens (including phenoxy) is 1. The number of nitrogens with zero attached hydrogens (tertiary/aromatic N) is 4. The molecule has 2 aliphatic rings. The third kappa shape index (κ3) is 7.94. The normalized spacial score (nSPS) is 20.4. The highest BCUT2D eigenvalue weighted by atomic mass is 35.5. The first kappa shape index (κ1) is 40.1. The van der Waals surface area contributed by atoms with Gasteiger partial charge in [-0.15, -0.1) is 0 Å². The molecule has 290 valence electrons. The van der Waals surface area contributed by atoms with Gasteiger partial charge in [-0.05, 0) is 81.0 Å². The number of carbonyl (C=O) groups excluding carboxylic acids is 2. The minimum atomic E-state index is -1.09. The van der Waals surface area contributed by atoms with Crippen LogP contribution >= 0.6 is 23.2 Å². The summed E-state index contributed by atoms with van der Waals surface area (Å²) in [6.45, 7) is 13.3. The van der Waals surface area contributed by atoms with Gasteiger partial charge >= 0.3 is 6.03 Å². The standard InChI is InChI=1S/C43H47Cl2F2N5O3/c1-7-55-35-24-36(41(2,3)4)48-26-33(35)39-50-42(5,29-11-15-31(44)16-12-29)43(6,30-13-17-32(45)18-14-30)52(39)40(54)51-21-19-27(20-22-51)23-37(53)49-25-28-9-8-10-34(46)38(28)47/h8-18,24,26-27H,7,19-23,25H2,1-6H3,(H,49,53)/t42-,43+/m0/s1. The fraction of sp³-hybridized carbons (Fsp3) is 0.395. The molecule has 4 aromatic rings. The second-order valence-corrected chi connectivity index (χ2v) is 16.5. The molecule has 0 bridgehead atoms. The molecule has 1 fully saturated rings. The molecular weight excluding hydrogens is 743 g/mol. The highest BCUT2D eigenvalue weighted by Crippen LogP contribution is 2.54. The third-order valence-corrected chi connectivity index (χ3v) is 11.5. The lowest BCUT2D eigenvalue weighted by Crippen LogP contribution is -2.59. The first-order chi connectivity index (χ1) is 26.1. The fourth-order valence-electron chi connectivity index (χ4n) is 7.54. The number of rotatable bonds is 9. The summed E-state index contributed by atoms with van der Waals surface area (Å²) in [4.78, 5) is 42.1. The van der Waals surface area contributed by atoms with Gasteiger partial charge in [0.05, 0.1) is 12.2 Å². The lowest BCUT2D eigenvalue weighted by Gasteiger charge is -2.47. The second kappa shape index (κ2) is 15.9. The van der Waals surface area contributed by atoms with E-state index in [1.165, 1.54) is 12.1 Å². The van der Waals surface area contributed by atoms with Crippen LogP contribution in [0.25, 0.3) is 0 Å². The van der Waals surface area contributed by atoms with Crippen molar-refractivity contribution >= 4 is 41.0 Å². The number of carbonyl (C=O) groups is 2. The topological polar surface area (TPSA) is 87.1 Å². The van der Waals surface area contributed by atoms with Gasteiger partial charge in [0.1, 0.15) is 22.7 Å². The van der Waals surface area contributed by atoms with Crippen molar-refractivity contribution in [1.82, 2.24) is 20.1 Å². The van der Waals surface area contributed by atoms with Crippen molar-refractivity contribution in [3.63, 3.8) is 0 Å². The molecule has 6 rings (SSSR count). The molecule has 0 saturated carbocycles. The molecule has 2 aliphatic heterocycles. The average molecular weight is 791 g/mol. The fourth-order valence-corrected chi connectivity index (χ4v) is 7.79. The first-order valence-corrected chi connectivity index (χ1v) is 19.4. The summed E-state index contributed by atoms with van der Waals surface area (Å²) in [6, 6.07) is 20.6. The Morgan fingerprint density at radius 2 is 1.56 bits per heavy atom. The van der Waals surface area contributed by atoms with Gasteiger partial charge in [0.15, 0.2) is 11.6 Å². The zero-order chi connectivity index (χ0) is 39.7. The summed E-state index contributed by atoms with van der Waals surface area (Å²) >= 11 is 12.8. The number of nitrogens with one attached hydrogen (secondary N) is 1. The molecule has 55 heavy (non-hydrogen) atoms. The van der Waals surface area contributed by atoms with Gasteiger partial charge in [-0.1, -0.05) is 80.4 Å². The Labute approximate surface area is 331 Å². The molecule has 12 heteroatoms. The molecule has 2 atom stereocenters. The summed E-state index contributed by atoms with van der Waals surface area (Å²) in [7, 11) is 0. The van der Waals surface area contributed by atoms with E-state index in [-0.39, 0.29) is 41.8 Å². The molecule has 0 unspecified atom stereocenters. The quantitative estimate of drug-likeness (QED) is 0.183. The van der Waals surface area contributed by atoms with Crippen LogP contribution in [0.4, 0.5) is 13.6 Å².